The van der Waals surface area contributed by atoms with Gasteiger partial charge in [0.25, 0.3) is 5.69 Å². The van der Waals surface area contributed by atoms with Crippen LogP contribution in [0.1, 0.15) is 13.8 Å². The number of aromatic amines is 1. The fraction of sp³-hybridized carbons (Fsp3) is 0.286. The van der Waals surface area contributed by atoms with E-state index in [4.69, 9.17) is 5.73 Å². The number of amides is 1. The van der Waals surface area contributed by atoms with Crippen molar-refractivity contribution in [2.45, 2.75) is 19.9 Å². The number of nitro benzene ring substituents is 1. The summed E-state index contributed by atoms with van der Waals surface area (Å²) < 4.78 is 0. The fourth-order valence-corrected chi connectivity index (χ4v) is 1.83. The van der Waals surface area contributed by atoms with E-state index in [9.17, 15) is 14.9 Å². The molecule has 1 heterocycles. The third-order valence-corrected chi connectivity index (χ3v) is 3.22. The second-order valence-corrected chi connectivity index (χ2v) is 5.23. The molecule has 1 atom stereocenters. The molecule has 0 saturated heterocycles. The van der Waals surface area contributed by atoms with Crippen LogP contribution in [0, 0.1) is 16.0 Å². The number of carbonyl (C=O) groups is 1. The first-order chi connectivity index (χ1) is 10.4. The number of aromatic nitrogens is 2. The third kappa shape index (κ3) is 4.51. The maximum Gasteiger partial charge on any atom is 0.270 e. The van der Waals surface area contributed by atoms with Gasteiger partial charge in [0.05, 0.1) is 16.7 Å². The van der Waals surface area contributed by atoms with E-state index in [0.29, 0.717) is 17.1 Å². The summed E-state index contributed by atoms with van der Waals surface area (Å²) in [7, 11) is 0. The summed E-state index contributed by atoms with van der Waals surface area (Å²) in [6.07, 6.45) is 0. The lowest BCUT2D eigenvalue weighted by atomic mass is 10.1. The Hall–Kier alpha value is -2.45. The molecule has 124 valence electrons. The van der Waals surface area contributed by atoms with Gasteiger partial charge in [-0.1, -0.05) is 26.0 Å². The van der Waals surface area contributed by atoms with E-state index in [0.717, 1.165) is 0 Å². The molecule has 0 aliphatic rings. The molecule has 23 heavy (non-hydrogen) atoms. The van der Waals surface area contributed by atoms with E-state index in [2.05, 4.69) is 15.5 Å². The molecule has 0 spiro atoms. The van der Waals surface area contributed by atoms with Gasteiger partial charge in [0.15, 0.2) is 5.82 Å². The molecule has 0 aliphatic heterocycles. The lowest BCUT2D eigenvalue weighted by Gasteiger charge is -2.13. The van der Waals surface area contributed by atoms with Crippen molar-refractivity contribution in [1.29, 1.82) is 0 Å². The number of anilines is 1. The Labute approximate surface area is 139 Å². The molecule has 1 aromatic heterocycles. The number of hydrogen-bond donors (Lipinski definition) is 3. The highest BCUT2D eigenvalue weighted by Gasteiger charge is 2.18. The molecule has 0 saturated carbocycles. The Kier molecular flexibility index (Phi) is 6.23. The number of nitro groups is 1. The van der Waals surface area contributed by atoms with E-state index >= 15 is 0 Å². The molecular weight excluding hydrogens is 322 g/mol. The number of nitrogens with zero attached hydrogens (tertiary/aromatic N) is 2. The highest BCUT2D eigenvalue weighted by atomic mass is 35.5. The monoisotopic (exact) mass is 339 g/mol. The van der Waals surface area contributed by atoms with Gasteiger partial charge >= 0.3 is 0 Å². The number of carbonyl (C=O) groups excluding carboxylic acids is 1. The molecule has 0 radical (unpaired) electrons. The van der Waals surface area contributed by atoms with Crippen LogP contribution < -0.4 is 11.1 Å². The van der Waals surface area contributed by atoms with Crippen LogP contribution >= 0.6 is 12.4 Å². The van der Waals surface area contributed by atoms with Crippen molar-refractivity contribution in [2.24, 2.45) is 11.7 Å². The lowest BCUT2D eigenvalue weighted by Crippen LogP contribution is -2.39. The molecule has 1 amide bonds. The number of halogens is 1. The van der Waals surface area contributed by atoms with Crippen molar-refractivity contribution in [3.63, 3.8) is 0 Å². The first-order valence-electron chi connectivity index (χ1n) is 6.75. The molecule has 0 fully saturated rings. The predicted octanol–water partition coefficient (Wildman–Crippen LogP) is 2.33. The fourth-order valence-electron chi connectivity index (χ4n) is 1.83. The highest BCUT2D eigenvalue weighted by Crippen LogP contribution is 2.23. The summed E-state index contributed by atoms with van der Waals surface area (Å²) in [5, 5.41) is 20.1. The summed E-state index contributed by atoms with van der Waals surface area (Å²) in [6.45, 7) is 3.70. The van der Waals surface area contributed by atoms with Crippen LogP contribution in [0.25, 0.3) is 11.3 Å². The second kappa shape index (κ2) is 7.70. The molecule has 8 nitrogen and oxygen atoms in total. The minimum atomic E-state index is -0.627. The Morgan fingerprint density at radius 1 is 1.39 bits per heavy atom. The smallest absolute Gasteiger partial charge is 0.270 e. The number of H-pyrrole nitrogens is 1. The SMILES string of the molecule is CC(C)[C@H](N)C(=O)Nc1cc(-c2cccc([N+](=O)[O-])c2)[nH]n1.Cl. The zero-order valence-electron chi connectivity index (χ0n) is 12.6. The third-order valence-electron chi connectivity index (χ3n) is 3.22. The van der Waals surface area contributed by atoms with Crippen LogP contribution in [-0.2, 0) is 4.79 Å². The van der Waals surface area contributed by atoms with Crippen LogP contribution in [0.2, 0.25) is 0 Å². The number of rotatable bonds is 5. The second-order valence-electron chi connectivity index (χ2n) is 5.23. The van der Waals surface area contributed by atoms with E-state index < -0.39 is 11.0 Å². The summed E-state index contributed by atoms with van der Waals surface area (Å²) in [5.74, 6) is 0.00452. The molecule has 0 unspecified atom stereocenters. The van der Waals surface area contributed by atoms with Crippen LogP contribution in [-0.4, -0.2) is 27.1 Å². The molecular formula is C14H18ClN5O3. The van der Waals surface area contributed by atoms with Crippen molar-refractivity contribution in [3.8, 4) is 11.3 Å². The van der Waals surface area contributed by atoms with E-state index in [1.165, 1.54) is 12.1 Å². The summed E-state index contributed by atoms with van der Waals surface area (Å²) in [4.78, 5) is 22.2. The van der Waals surface area contributed by atoms with Crippen LogP contribution in [0.4, 0.5) is 11.5 Å². The number of nitrogens with one attached hydrogen (secondary N) is 2. The van der Waals surface area contributed by atoms with Gasteiger partial charge < -0.3 is 11.1 Å². The average molecular weight is 340 g/mol. The number of non-ortho nitro benzene ring substituents is 1. The Morgan fingerprint density at radius 2 is 2.09 bits per heavy atom. The van der Waals surface area contributed by atoms with Crippen molar-refractivity contribution < 1.29 is 9.72 Å². The van der Waals surface area contributed by atoms with Crippen LogP contribution in [0.3, 0.4) is 0 Å². The van der Waals surface area contributed by atoms with Gasteiger partial charge in [-0.15, -0.1) is 12.4 Å². The number of benzene rings is 1. The number of hydrogen-bond acceptors (Lipinski definition) is 5. The van der Waals surface area contributed by atoms with E-state index in [1.54, 1.807) is 18.2 Å². The molecule has 2 aromatic rings. The van der Waals surface area contributed by atoms with Gasteiger partial charge in [0.2, 0.25) is 5.91 Å². The zero-order valence-corrected chi connectivity index (χ0v) is 13.5. The largest absolute Gasteiger partial charge is 0.320 e. The van der Waals surface area contributed by atoms with E-state index in [1.807, 2.05) is 13.8 Å². The maximum absolute atomic E-state index is 11.9. The van der Waals surface area contributed by atoms with Crippen molar-refractivity contribution in [2.75, 3.05) is 5.32 Å². The Bertz CT molecular complexity index is 701. The Balaban J connectivity index is 0.00000264. The lowest BCUT2D eigenvalue weighted by molar-refractivity contribution is -0.384. The average Bonchev–Trinajstić information content (AvgIpc) is 2.94. The van der Waals surface area contributed by atoms with Gasteiger partial charge in [0.1, 0.15) is 0 Å². The number of nitrogens with two attached hydrogens (primary N) is 1. The van der Waals surface area contributed by atoms with Crippen molar-refractivity contribution in [1.82, 2.24) is 10.2 Å². The normalized spacial score (nSPS) is 11.7. The van der Waals surface area contributed by atoms with Crippen molar-refractivity contribution in [3.05, 3.63) is 40.4 Å². The molecule has 2 rings (SSSR count). The summed E-state index contributed by atoms with van der Waals surface area (Å²) in [6, 6.07) is 7.11. The highest BCUT2D eigenvalue weighted by molar-refractivity contribution is 5.94. The molecule has 0 aliphatic carbocycles. The summed E-state index contributed by atoms with van der Waals surface area (Å²) >= 11 is 0. The maximum atomic E-state index is 11.9. The van der Waals surface area contributed by atoms with Gasteiger partial charge in [-0.25, -0.2) is 0 Å². The first kappa shape index (κ1) is 18.6. The first-order valence-corrected chi connectivity index (χ1v) is 6.75. The van der Waals surface area contributed by atoms with Crippen LogP contribution in [0.5, 0.6) is 0 Å². The minimum Gasteiger partial charge on any atom is -0.320 e. The summed E-state index contributed by atoms with van der Waals surface area (Å²) in [5.41, 5.74) is 6.91. The van der Waals surface area contributed by atoms with Gasteiger partial charge in [-0.3, -0.25) is 20.0 Å². The van der Waals surface area contributed by atoms with Gasteiger partial charge in [-0.2, -0.15) is 5.10 Å². The van der Waals surface area contributed by atoms with Gasteiger partial charge in [0, 0.05) is 23.8 Å². The quantitative estimate of drug-likeness (QED) is 0.569. The molecule has 0 bridgehead atoms. The predicted molar refractivity (Wildman–Crippen MR) is 89.4 cm³/mol. The standard InChI is InChI=1S/C14H17N5O3.ClH/c1-8(2)13(15)14(20)16-12-7-11(17-18-12)9-4-3-5-10(6-9)19(21)22;/h3-8,13H,15H2,1-2H3,(H2,16,17,18,20);1H/t13-;/m0./s1. The topological polar surface area (TPSA) is 127 Å². The van der Waals surface area contributed by atoms with Crippen molar-refractivity contribution >= 4 is 29.8 Å². The Morgan fingerprint density at radius 3 is 2.70 bits per heavy atom. The molecule has 4 N–H and O–H groups in total. The minimum absolute atomic E-state index is 0. The molecule has 1 aromatic carbocycles. The zero-order chi connectivity index (χ0) is 16.3. The molecule has 9 heteroatoms. The van der Waals surface area contributed by atoms with Gasteiger partial charge in [-0.05, 0) is 5.92 Å². The van der Waals surface area contributed by atoms with Crippen LogP contribution in [0.15, 0.2) is 30.3 Å². The van der Waals surface area contributed by atoms with E-state index in [-0.39, 0.29) is 29.9 Å².